The van der Waals surface area contributed by atoms with Crippen molar-refractivity contribution in [2.24, 2.45) is 11.1 Å². The van der Waals surface area contributed by atoms with Gasteiger partial charge in [0, 0.05) is 18.2 Å². The van der Waals surface area contributed by atoms with Gasteiger partial charge in [-0.1, -0.05) is 18.9 Å². The van der Waals surface area contributed by atoms with E-state index in [1.165, 1.54) is 5.56 Å². The minimum Gasteiger partial charge on any atom is -0.329 e. The molecule has 0 radical (unpaired) electrons. The average Bonchev–Trinajstić information content (AvgIpc) is 3.05. The third-order valence-electron chi connectivity index (χ3n) is 4.75. The summed E-state index contributed by atoms with van der Waals surface area (Å²) >= 11 is 0. The number of carbonyl (C=O) groups excluding carboxylic acids is 1. The van der Waals surface area contributed by atoms with Crippen LogP contribution in [-0.4, -0.2) is 17.3 Å². The standard InChI is InChI=1S/C15H20N2O/c16-10-15(7-1-2-8-15)14(18)12-6-5-11-4-3-9-17-13(11)12/h3-4,9,12H,1-2,5-8,10,16H2. The number of fused-ring (bicyclic) bond motifs is 1. The van der Waals surface area contributed by atoms with Crippen LogP contribution in [0.1, 0.15) is 49.3 Å². The quantitative estimate of drug-likeness (QED) is 0.886. The van der Waals surface area contributed by atoms with Gasteiger partial charge >= 0.3 is 0 Å². The van der Waals surface area contributed by atoms with Gasteiger partial charge in [0.05, 0.1) is 11.6 Å². The van der Waals surface area contributed by atoms with Crippen LogP contribution >= 0.6 is 0 Å². The van der Waals surface area contributed by atoms with Crippen molar-refractivity contribution in [3.8, 4) is 0 Å². The normalized spacial score (nSPS) is 25.1. The first-order chi connectivity index (χ1) is 8.77. The lowest BCUT2D eigenvalue weighted by molar-refractivity contribution is -0.129. The maximum Gasteiger partial charge on any atom is 0.149 e. The summed E-state index contributed by atoms with van der Waals surface area (Å²) in [4.78, 5) is 17.3. The smallest absolute Gasteiger partial charge is 0.149 e. The van der Waals surface area contributed by atoms with E-state index in [1.807, 2.05) is 6.07 Å². The molecule has 0 aromatic carbocycles. The zero-order chi connectivity index (χ0) is 12.6. The van der Waals surface area contributed by atoms with Crippen LogP contribution < -0.4 is 5.73 Å². The molecule has 3 rings (SSSR count). The summed E-state index contributed by atoms with van der Waals surface area (Å²) in [5, 5.41) is 0. The summed E-state index contributed by atoms with van der Waals surface area (Å²) in [5.41, 5.74) is 7.94. The molecule has 3 nitrogen and oxygen atoms in total. The van der Waals surface area contributed by atoms with Crippen LogP contribution in [0.3, 0.4) is 0 Å². The molecule has 96 valence electrons. The van der Waals surface area contributed by atoms with Crippen LogP contribution in [0.5, 0.6) is 0 Å². The topological polar surface area (TPSA) is 56.0 Å². The molecule has 1 aromatic heterocycles. The molecule has 2 aliphatic rings. The Morgan fingerprint density at radius 2 is 2.22 bits per heavy atom. The van der Waals surface area contributed by atoms with E-state index in [0.717, 1.165) is 44.2 Å². The number of rotatable bonds is 3. The number of pyridine rings is 1. The molecule has 3 heteroatoms. The fraction of sp³-hybridized carbons (Fsp3) is 0.600. The number of aryl methyl sites for hydroxylation is 1. The highest BCUT2D eigenvalue weighted by molar-refractivity contribution is 5.92. The number of nitrogens with zero attached hydrogens (tertiary/aromatic N) is 1. The molecule has 1 heterocycles. The van der Waals surface area contributed by atoms with Crippen molar-refractivity contribution < 1.29 is 4.79 Å². The Bertz CT molecular complexity index is 463. The molecular weight excluding hydrogens is 224 g/mol. The molecule has 0 spiro atoms. The summed E-state index contributed by atoms with van der Waals surface area (Å²) in [5.74, 6) is 0.364. The van der Waals surface area contributed by atoms with E-state index in [1.54, 1.807) is 6.20 Å². The summed E-state index contributed by atoms with van der Waals surface area (Å²) in [7, 11) is 0. The molecule has 2 aliphatic carbocycles. The molecule has 0 amide bonds. The van der Waals surface area contributed by atoms with Gasteiger partial charge in [0.2, 0.25) is 0 Å². The van der Waals surface area contributed by atoms with Crippen molar-refractivity contribution >= 4 is 5.78 Å². The molecule has 1 unspecified atom stereocenters. The van der Waals surface area contributed by atoms with Crippen molar-refractivity contribution in [3.05, 3.63) is 29.6 Å². The van der Waals surface area contributed by atoms with Crippen LogP contribution in [0.25, 0.3) is 0 Å². The van der Waals surface area contributed by atoms with Gasteiger partial charge in [0.1, 0.15) is 5.78 Å². The third-order valence-corrected chi connectivity index (χ3v) is 4.75. The number of carbonyl (C=O) groups is 1. The largest absolute Gasteiger partial charge is 0.329 e. The molecular formula is C15H20N2O. The second-order valence-corrected chi connectivity index (χ2v) is 5.69. The minimum atomic E-state index is -0.246. The van der Waals surface area contributed by atoms with E-state index in [2.05, 4.69) is 11.1 Å². The monoisotopic (exact) mass is 244 g/mol. The molecule has 0 aliphatic heterocycles. The van der Waals surface area contributed by atoms with Gasteiger partial charge in [0.25, 0.3) is 0 Å². The Morgan fingerprint density at radius 3 is 2.94 bits per heavy atom. The molecule has 2 N–H and O–H groups in total. The molecule has 1 saturated carbocycles. The highest BCUT2D eigenvalue weighted by atomic mass is 16.1. The van der Waals surface area contributed by atoms with E-state index < -0.39 is 0 Å². The van der Waals surface area contributed by atoms with Gasteiger partial charge in [-0.15, -0.1) is 0 Å². The number of nitrogens with two attached hydrogens (primary N) is 1. The van der Waals surface area contributed by atoms with Crippen LogP contribution in [0.2, 0.25) is 0 Å². The molecule has 1 fully saturated rings. The predicted octanol–water partition coefficient (Wildman–Crippen LogP) is 2.20. The summed E-state index contributed by atoms with van der Waals surface area (Å²) in [6, 6.07) is 4.05. The molecule has 0 bridgehead atoms. The van der Waals surface area contributed by atoms with E-state index in [4.69, 9.17) is 5.73 Å². The summed E-state index contributed by atoms with van der Waals surface area (Å²) in [6.45, 7) is 0.504. The first kappa shape index (κ1) is 11.8. The fourth-order valence-corrected chi connectivity index (χ4v) is 3.64. The van der Waals surface area contributed by atoms with Gasteiger partial charge in [-0.3, -0.25) is 9.78 Å². The minimum absolute atomic E-state index is 0.00264. The van der Waals surface area contributed by atoms with Gasteiger partial charge in [0.15, 0.2) is 0 Å². The number of Topliss-reactive ketones (excluding diaryl/α,β-unsaturated/α-hetero) is 1. The lowest BCUT2D eigenvalue weighted by Gasteiger charge is -2.28. The van der Waals surface area contributed by atoms with Crippen molar-refractivity contribution in [1.82, 2.24) is 4.98 Å². The van der Waals surface area contributed by atoms with Crippen LogP contribution in [0.4, 0.5) is 0 Å². The van der Waals surface area contributed by atoms with E-state index in [9.17, 15) is 4.79 Å². The van der Waals surface area contributed by atoms with Crippen molar-refractivity contribution in [3.63, 3.8) is 0 Å². The zero-order valence-electron chi connectivity index (χ0n) is 10.7. The lowest BCUT2D eigenvalue weighted by atomic mass is 9.75. The van der Waals surface area contributed by atoms with Crippen LogP contribution in [0.15, 0.2) is 18.3 Å². The molecule has 18 heavy (non-hydrogen) atoms. The summed E-state index contributed by atoms with van der Waals surface area (Å²) in [6.07, 6.45) is 7.94. The highest BCUT2D eigenvalue weighted by Crippen LogP contribution is 2.44. The zero-order valence-corrected chi connectivity index (χ0v) is 10.7. The molecule has 1 atom stereocenters. The van der Waals surface area contributed by atoms with Crippen LogP contribution in [-0.2, 0) is 11.2 Å². The number of ketones is 1. The molecule has 0 saturated heterocycles. The van der Waals surface area contributed by atoms with Crippen LogP contribution in [0, 0.1) is 5.41 Å². The second kappa shape index (κ2) is 4.47. The Kier molecular flexibility index (Phi) is 2.94. The third kappa shape index (κ3) is 1.69. The van der Waals surface area contributed by atoms with Crippen molar-refractivity contribution in [1.29, 1.82) is 0 Å². The first-order valence-electron chi connectivity index (χ1n) is 6.95. The maximum atomic E-state index is 12.8. The van der Waals surface area contributed by atoms with Crippen molar-refractivity contribution in [2.45, 2.75) is 44.4 Å². The number of aromatic nitrogens is 1. The SMILES string of the molecule is NCC1(C(=O)C2CCc3cccnc32)CCCC1. The lowest BCUT2D eigenvalue weighted by Crippen LogP contribution is -2.39. The predicted molar refractivity (Wildman–Crippen MR) is 70.3 cm³/mol. The van der Waals surface area contributed by atoms with Crippen molar-refractivity contribution in [2.75, 3.05) is 6.54 Å². The Balaban J connectivity index is 1.90. The van der Waals surface area contributed by atoms with Gasteiger partial charge < -0.3 is 5.73 Å². The second-order valence-electron chi connectivity index (χ2n) is 5.69. The number of hydrogen-bond donors (Lipinski definition) is 1. The van der Waals surface area contributed by atoms with Gasteiger partial charge in [-0.05, 0) is 37.3 Å². The Morgan fingerprint density at radius 1 is 1.44 bits per heavy atom. The summed E-state index contributed by atoms with van der Waals surface area (Å²) < 4.78 is 0. The van der Waals surface area contributed by atoms with E-state index in [0.29, 0.717) is 12.3 Å². The first-order valence-corrected chi connectivity index (χ1v) is 6.95. The van der Waals surface area contributed by atoms with Gasteiger partial charge in [-0.2, -0.15) is 0 Å². The maximum absolute atomic E-state index is 12.8. The number of hydrogen-bond acceptors (Lipinski definition) is 3. The Labute approximate surface area is 108 Å². The van der Waals surface area contributed by atoms with E-state index in [-0.39, 0.29) is 11.3 Å². The molecule has 1 aromatic rings. The van der Waals surface area contributed by atoms with E-state index >= 15 is 0 Å². The van der Waals surface area contributed by atoms with Gasteiger partial charge in [-0.25, -0.2) is 0 Å². The highest BCUT2D eigenvalue weighted by Gasteiger charge is 2.45. The average molecular weight is 244 g/mol. The fourth-order valence-electron chi connectivity index (χ4n) is 3.64. The Hall–Kier alpha value is -1.22.